The van der Waals surface area contributed by atoms with E-state index in [1.807, 2.05) is 31.2 Å². The molecule has 26 heavy (non-hydrogen) atoms. The maximum atomic E-state index is 12.9. The maximum Gasteiger partial charge on any atom is 0.241 e. The summed E-state index contributed by atoms with van der Waals surface area (Å²) in [7, 11) is 0. The fourth-order valence-electron chi connectivity index (χ4n) is 4.49. The lowest BCUT2D eigenvalue weighted by atomic mass is 9.81. The minimum Gasteiger partial charge on any atom is -0.373 e. The SMILES string of the molecule is Cc1cc(N2C(=O)[C@@H]3[C@@H](C2=O)[C@H]2CC[C@H]3O2)nn1Cc1ccccc1Cl. The molecule has 0 unspecified atom stereocenters. The second-order valence-electron chi connectivity index (χ2n) is 7.25. The number of fused-ring (bicyclic) bond motifs is 5. The number of hydrogen-bond donors (Lipinski definition) is 0. The zero-order valence-electron chi connectivity index (χ0n) is 14.3. The van der Waals surface area contributed by atoms with Crippen LogP contribution in [0.3, 0.4) is 0 Å². The van der Waals surface area contributed by atoms with Gasteiger partial charge < -0.3 is 4.74 Å². The third kappa shape index (κ3) is 2.18. The first-order valence-electron chi connectivity index (χ1n) is 8.85. The predicted molar refractivity (Wildman–Crippen MR) is 94.9 cm³/mol. The Kier molecular flexibility index (Phi) is 3.49. The number of hydrogen-bond acceptors (Lipinski definition) is 4. The molecule has 2 amide bonds. The van der Waals surface area contributed by atoms with Crippen LogP contribution in [-0.4, -0.2) is 33.8 Å². The Bertz CT molecular complexity index is 897. The number of carbonyl (C=O) groups is 2. The molecule has 134 valence electrons. The highest BCUT2D eigenvalue weighted by Gasteiger charge is 2.63. The molecule has 0 radical (unpaired) electrons. The summed E-state index contributed by atoms with van der Waals surface area (Å²) in [6, 6.07) is 9.36. The standard InChI is InChI=1S/C19H18ClN3O3/c1-10-8-15(21-22(10)9-11-4-2-3-5-12(11)20)23-18(24)16-13-6-7-14(26-13)17(16)19(23)25/h2-5,8,13-14,16-17H,6-7,9H2,1H3/t13-,14-,16+,17+/m1/s1. The Morgan fingerprint density at radius 2 is 1.81 bits per heavy atom. The molecule has 1 aromatic heterocycles. The van der Waals surface area contributed by atoms with Crippen molar-refractivity contribution in [2.75, 3.05) is 4.90 Å². The lowest BCUT2D eigenvalue weighted by Gasteiger charge is -2.15. The van der Waals surface area contributed by atoms with Gasteiger partial charge in [-0.15, -0.1) is 0 Å². The van der Waals surface area contributed by atoms with Crippen LogP contribution in [0.15, 0.2) is 30.3 Å². The Balaban J connectivity index is 1.46. The number of carbonyl (C=O) groups excluding carboxylic acids is 2. The quantitative estimate of drug-likeness (QED) is 0.778. The van der Waals surface area contributed by atoms with Gasteiger partial charge in [-0.2, -0.15) is 5.10 Å². The molecule has 5 rings (SSSR count). The van der Waals surface area contributed by atoms with Gasteiger partial charge in [-0.05, 0) is 31.4 Å². The van der Waals surface area contributed by atoms with Crippen molar-refractivity contribution >= 4 is 29.2 Å². The molecular formula is C19H18ClN3O3. The highest BCUT2D eigenvalue weighted by molar-refractivity contribution is 6.31. The second kappa shape index (κ2) is 5.66. The first-order chi connectivity index (χ1) is 12.5. The number of aromatic nitrogens is 2. The largest absolute Gasteiger partial charge is 0.373 e. The van der Waals surface area contributed by atoms with Gasteiger partial charge in [0, 0.05) is 16.8 Å². The third-order valence-corrected chi connectivity index (χ3v) is 6.13. The molecule has 4 heterocycles. The van der Waals surface area contributed by atoms with Crippen molar-refractivity contribution in [3.63, 3.8) is 0 Å². The Labute approximate surface area is 155 Å². The summed E-state index contributed by atoms with van der Waals surface area (Å²) >= 11 is 6.24. The van der Waals surface area contributed by atoms with Gasteiger partial charge in [0.1, 0.15) is 0 Å². The van der Waals surface area contributed by atoms with Gasteiger partial charge in [-0.3, -0.25) is 14.3 Å². The minimum absolute atomic E-state index is 0.113. The number of ether oxygens (including phenoxy) is 1. The second-order valence-corrected chi connectivity index (χ2v) is 7.65. The van der Waals surface area contributed by atoms with Crippen LogP contribution in [0.1, 0.15) is 24.1 Å². The van der Waals surface area contributed by atoms with E-state index in [0.29, 0.717) is 17.4 Å². The van der Waals surface area contributed by atoms with E-state index < -0.39 is 0 Å². The van der Waals surface area contributed by atoms with Crippen LogP contribution in [0, 0.1) is 18.8 Å². The van der Waals surface area contributed by atoms with Crippen molar-refractivity contribution in [2.45, 2.75) is 38.5 Å². The van der Waals surface area contributed by atoms with E-state index in [4.69, 9.17) is 16.3 Å². The number of rotatable bonds is 3. The third-order valence-electron chi connectivity index (χ3n) is 5.76. The molecule has 3 saturated heterocycles. The number of aryl methyl sites for hydroxylation is 1. The van der Waals surface area contributed by atoms with E-state index in [1.54, 1.807) is 10.7 Å². The Hall–Kier alpha value is -2.18. The lowest BCUT2D eigenvalue weighted by Crippen LogP contribution is -2.34. The molecule has 2 aromatic rings. The number of amides is 2. The van der Waals surface area contributed by atoms with E-state index >= 15 is 0 Å². The number of halogens is 1. The van der Waals surface area contributed by atoms with Crippen molar-refractivity contribution < 1.29 is 14.3 Å². The molecule has 0 saturated carbocycles. The van der Waals surface area contributed by atoms with Crippen molar-refractivity contribution in [1.82, 2.24) is 9.78 Å². The summed E-state index contributed by atoms with van der Waals surface area (Å²) in [6.45, 7) is 2.40. The molecular weight excluding hydrogens is 354 g/mol. The van der Waals surface area contributed by atoms with Crippen molar-refractivity contribution in [1.29, 1.82) is 0 Å². The molecule has 3 fully saturated rings. The first kappa shape index (κ1) is 16.0. The monoisotopic (exact) mass is 371 g/mol. The summed E-state index contributed by atoms with van der Waals surface area (Å²) in [5, 5.41) is 5.20. The number of nitrogens with zero attached hydrogens (tertiary/aromatic N) is 3. The van der Waals surface area contributed by atoms with Gasteiger partial charge in [0.15, 0.2) is 5.82 Å². The van der Waals surface area contributed by atoms with Crippen LogP contribution >= 0.6 is 11.6 Å². The van der Waals surface area contributed by atoms with Gasteiger partial charge in [-0.1, -0.05) is 29.8 Å². The normalized spacial score (nSPS) is 29.7. The summed E-state index contributed by atoms with van der Waals surface area (Å²) in [6.07, 6.45) is 1.49. The molecule has 7 heteroatoms. The molecule has 3 aliphatic rings. The van der Waals surface area contributed by atoms with E-state index in [2.05, 4.69) is 5.10 Å². The van der Waals surface area contributed by atoms with Crippen molar-refractivity contribution in [3.05, 3.63) is 46.6 Å². The van der Waals surface area contributed by atoms with Gasteiger partial charge in [0.2, 0.25) is 11.8 Å². The van der Waals surface area contributed by atoms with Crippen LogP contribution in [0.5, 0.6) is 0 Å². The highest BCUT2D eigenvalue weighted by atomic mass is 35.5. The number of imide groups is 1. The molecule has 0 N–H and O–H groups in total. The Morgan fingerprint density at radius 3 is 2.46 bits per heavy atom. The van der Waals surface area contributed by atoms with Gasteiger partial charge >= 0.3 is 0 Å². The van der Waals surface area contributed by atoms with Crippen LogP contribution in [-0.2, 0) is 20.9 Å². The molecule has 0 spiro atoms. The van der Waals surface area contributed by atoms with E-state index in [1.165, 1.54) is 4.90 Å². The average Bonchev–Trinajstić information content (AvgIpc) is 3.35. The maximum absolute atomic E-state index is 12.9. The summed E-state index contributed by atoms with van der Waals surface area (Å²) in [5.74, 6) is -0.618. The summed E-state index contributed by atoms with van der Waals surface area (Å²) in [5.41, 5.74) is 1.81. The van der Waals surface area contributed by atoms with Crippen molar-refractivity contribution in [2.24, 2.45) is 11.8 Å². The molecule has 0 aliphatic carbocycles. The van der Waals surface area contributed by atoms with Gasteiger partial charge in [0.05, 0.1) is 30.6 Å². The van der Waals surface area contributed by atoms with E-state index in [9.17, 15) is 9.59 Å². The minimum atomic E-state index is -0.338. The predicted octanol–water partition coefficient (Wildman–Crippen LogP) is 2.56. The van der Waals surface area contributed by atoms with E-state index in [-0.39, 0.29) is 35.9 Å². The highest BCUT2D eigenvalue weighted by Crippen LogP contribution is 2.49. The molecule has 2 bridgehead atoms. The summed E-state index contributed by atoms with van der Waals surface area (Å²) < 4.78 is 7.55. The van der Waals surface area contributed by atoms with Crippen LogP contribution < -0.4 is 4.90 Å². The molecule has 1 aromatic carbocycles. The van der Waals surface area contributed by atoms with Gasteiger partial charge in [-0.25, -0.2) is 4.90 Å². The van der Waals surface area contributed by atoms with Crippen molar-refractivity contribution in [3.8, 4) is 0 Å². The zero-order chi connectivity index (χ0) is 18.0. The van der Waals surface area contributed by atoms with Crippen LogP contribution in [0.25, 0.3) is 0 Å². The topological polar surface area (TPSA) is 64.4 Å². The fraction of sp³-hybridized carbons (Fsp3) is 0.421. The first-order valence-corrected chi connectivity index (χ1v) is 9.23. The summed E-state index contributed by atoms with van der Waals surface area (Å²) in [4.78, 5) is 27.0. The molecule has 6 nitrogen and oxygen atoms in total. The molecule has 4 atom stereocenters. The van der Waals surface area contributed by atoms with Crippen LogP contribution in [0.4, 0.5) is 5.82 Å². The zero-order valence-corrected chi connectivity index (χ0v) is 15.0. The fourth-order valence-corrected chi connectivity index (χ4v) is 4.68. The smallest absolute Gasteiger partial charge is 0.241 e. The van der Waals surface area contributed by atoms with E-state index in [0.717, 1.165) is 24.1 Å². The molecule has 3 aliphatic heterocycles. The number of benzene rings is 1. The average molecular weight is 372 g/mol. The van der Waals surface area contributed by atoms with Gasteiger partial charge in [0.25, 0.3) is 0 Å². The Morgan fingerprint density at radius 1 is 1.15 bits per heavy atom. The lowest BCUT2D eigenvalue weighted by molar-refractivity contribution is -0.124. The van der Waals surface area contributed by atoms with Crippen LogP contribution in [0.2, 0.25) is 5.02 Å². The number of anilines is 1.